The van der Waals surface area contributed by atoms with Gasteiger partial charge in [-0.25, -0.2) is 4.98 Å². The van der Waals surface area contributed by atoms with E-state index in [2.05, 4.69) is 21.8 Å². The minimum Gasteiger partial charge on any atom is -0.491 e. The minimum atomic E-state index is 0.338. The molecule has 0 aromatic carbocycles. The van der Waals surface area contributed by atoms with E-state index in [1.54, 1.807) is 18.6 Å². The standard InChI is InChI=1S/C14H16N4O/c1-18-7-6-17-14(18)4-8-19-13-9-12(3-2-5-15)10-16-11-13/h6-7,9-11H,4-5,8,15H2,1H3. The fourth-order valence-corrected chi connectivity index (χ4v) is 1.62. The van der Waals surface area contributed by atoms with Gasteiger partial charge in [0.2, 0.25) is 0 Å². The SMILES string of the molecule is Cn1ccnc1CCOc1cncc(C#CCN)c1. The highest BCUT2D eigenvalue weighted by molar-refractivity contribution is 5.36. The van der Waals surface area contributed by atoms with Crippen LogP contribution in [0.1, 0.15) is 11.4 Å². The summed E-state index contributed by atoms with van der Waals surface area (Å²) in [6.07, 6.45) is 7.81. The summed E-state index contributed by atoms with van der Waals surface area (Å²) in [5.41, 5.74) is 6.13. The zero-order chi connectivity index (χ0) is 13.5. The second kappa shape index (κ2) is 6.57. The Hall–Kier alpha value is -2.32. The Morgan fingerprint density at radius 3 is 3.05 bits per heavy atom. The summed E-state index contributed by atoms with van der Waals surface area (Å²) < 4.78 is 7.62. The molecule has 2 aromatic rings. The second-order valence-electron chi connectivity index (χ2n) is 3.97. The molecule has 2 rings (SSSR count). The Balaban J connectivity index is 1.91. The first kappa shape index (κ1) is 13.1. The van der Waals surface area contributed by atoms with Gasteiger partial charge in [0.05, 0.1) is 19.3 Å². The molecule has 0 radical (unpaired) electrons. The third-order valence-corrected chi connectivity index (χ3v) is 2.56. The Morgan fingerprint density at radius 2 is 2.32 bits per heavy atom. The normalized spacial score (nSPS) is 9.79. The van der Waals surface area contributed by atoms with Gasteiger partial charge in [0.1, 0.15) is 11.6 Å². The van der Waals surface area contributed by atoms with E-state index in [0.717, 1.165) is 17.8 Å². The van der Waals surface area contributed by atoms with Crippen molar-refractivity contribution in [3.05, 3.63) is 42.2 Å². The number of ether oxygens (including phenoxy) is 1. The van der Waals surface area contributed by atoms with Gasteiger partial charge in [-0.1, -0.05) is 11.8 Å². The molecule has 0 saturated carbocycles. The Morgan fingerprint density at radius 1 is 1.42 bits per heavy atom. The lowest BCUT2D eigenvalue weighted by Gasteiger charge is -2.06. The number of nitrogens with zero attached hydrogens (tertiary/aromatic N) is 3. The summed E-state index contributed by atoms with van der Waals surface area (Å²) in [5, 5.41) is 0. The first-order valence-corrected chi connectivity index (χ1v) is 6.02. The van der Waals surface area contributed by atoms with Gasteiger partial charge < -0.3 is 15.0 Å². The first-order valence-electron chi connectivity index (χ1n) is 6.02. The zero-order valence-electron chi connectivity index (χ0n) is 10.8. The van der Waals surface area contributed by atoms with Crippen LogP contribution in [0.15, 0.2) is 30.9 Å². The van der Waals surface area contributed by atoms with Crippen molar-refractivity contribution in [3.63, 3.8) is 0 Å². The molecule has 0 aliphatic heterocycles. The highest BCUT2D eigenvalue weighted by Crippen LogP contribution is 2.10. The maximum atomic E-state index is 5.64. The molecule has 5 heteroatoms. The average molecular weight is 256 g/mol. The molecular formula is C14H16N4O. The molecule has 98 valence electrons. The van der Waals surface area contributed by atoms with E-state index in [1.807, 2.05) is 23.9 Å². The molecule has 0 aliphatic carbocycles. The number of hydrogen-bond donors (Lipinski definition) is 1. The van der Waals surface area contributed by atoms with Crippen molar-refractivity contribution in [2.45, 2.75) is 6.42 Å². The number of pyridine rings is 1. The molecule has 0 amide bonds. The van der Waals surface area contributed by atoms with Crippen molar-refractivity contribution in [3.8, 4) is 17.6 Å². The lowest BCUT2D eigenvalue weighted by Crippen LogP contribution is -2.06. The van der Waals surface area contributed by atoms with E-state index in [-0.39, 0.29) is 0 Å². The quantitative estimate of drug-likeness (QED) is 0.820. The highest BCUT2D eigenvalue weighted by Gasteiger charge is 2.00. The van der Waals surface area contributed by atoms with E-state index < -0.39 is 0 Å². The summed E-state index contributed by atoms with van der Waals surface area (Å²) >= 11 is 0. The lowest BCUT2D eigenvalue weighted by atomic mass is 10.3. The largest absolute Gasteiger partial charge is 0.491 e. The minimum absolute atomic E-state index is 0.338. The molecule has 0 fully saturated rings. The van der Waals surface area contributed by atoms with Crippen molar-refractivity contribution >= 4 is 0 Å². The molecule has 0 aliphatic rings. The van der Waals surface area contributed by atoms with E-state index in [9.17, 15) is 0 Å². The van der Waals surface area contributed by atoms with E-state index in [1.165, 1.54) is 0 Å². The first-order chi connectivity index (χ1) is 9.29. The van der Waals surface area contributed by atoms with E-state index in [4.69, 9.17) is 10.5 Å². The van der Waals surface area contributed by atoms with Crippen LogP contribution in [0.25, 0.3) is 0 Å². The molecule has 0 spiro atoms. The van der Waals surface area contributed by atoms with Crippen LogP contribution in [0, 0.1) is 11.8 Å². The molecule has 0 atom stereocenters. The summed E-state index contributed by atoms with van der Waals surface area (Å²) in [4.78, 5) is 8.32. The van der Waals surface area contributed by atoms with Gasteiger partial charge in [-0.3, -0.25) is 4.98 Å². The molecule has 19 heavy (non-hydrogen) atoms. The van der Waals surface area contributed by atoms with Crippen LogP contribution in [0.5, 0.6) is 5.75 Å². The van der Waals surface area contributed by atoms with Crippen LogP contribution in [0.2, 0.25) is 0 Å². The predicted octanol–water partition coefficient (Wildman–Crippen LogP) is 0.747. The number of imidazole rings is 1. The third-order valence-electron chi connectivity index (χ3n) is 2.56. The van der Waals surface area contributed by atoms with Crippen molar-refractivity contribution in [1.29, 1.82) is 0 Å². The van der Waals surface area contributed by atoms with Crippen molar-refractivity contribution in [2.24, 2.45) is 12.8 Å². The maximum absolute atomic E-state index is 5.64. The predicted molar refractivity (Wildman–Crippen MR) is 72.6 cm³/mol. The van der Waals surface area contributed by atoms with Crippen LogP contribution in [-0.2, 0) is 13.5 Å². The Kier molecular flexibility index (Phi) is 4.54. The van der Waals surface area contributed by atoms with Crippen LogP contribution in [-0.4, -0.2) is 27.7 Å². The smallest absolute Gasteiger partial charge is 0.138 e. The molecule has 0 saturated heterocycles. The van der Waals surface area contributed by atoms with Crippen LogP contribution >= 0.6 is 0 Å². The molecule has 2 N–H and O–H groups in total. The van der Waals surface area contributed by atoms with E-state index in [0.29, 0.717) is 18.9 Å². The molecule has 0 unspecified atom stereocenters. The number of aryl methyl sites for hydroxylation is 1. The number of nitrogens with two attached hydrogens (primary N) is 1. The maximum Gasteiger partial charge on any atom is 0.138 e. The molecule has 2 heterocycles. The summed E-state index contributed by atoms with van der Waals surface area (Å²) in [5.74, 6) is 7.41. The van der Waals surface area contributed by atoms with Gasteiger partial charge >= 0.3 is 0 Å². The Labute approximate surface area is 112 Å². The van der Waals surface area contributed by atoms with Crippen molar-refractivity contribution in [2.75, 3.05) is 13.2 Å². The summed E-state index contributed by atoms with van der Waals surface area (Å²) in [6.45, 7) is 0.893. The molecule has 5 nitrogen and oxygen atoms in total. The topological polar surface area (TPSA) is 66.0 Å². The number of rotatable bonds is 4. The average Bonchev–Trinajstić information content (AvgIpc) is 2.83. The molecule has 2 aromatic heterocycles. The molecular weight excluding hydrogens is 240 g/mol. The van der Waals surface area contributed by atoms with Gasteiger partial charge in [-0.05, 0) is 6.07 Å². The van der Waals surface area contributed by atoms with Gasteiger partial charge in [0, 0.05) is 37.6 Å². The van der Waals surface area contributed by atoms with Gasteiger partial charge in [0.15, 0.2) is 0 Å². The summed E-state index contributed by atoms with van der Waals surface area (Å²) in [6, 6.07) is 1.86. The lowest BCUT2D eigenvalue weighted by molar-refractivity contribution is 0.316. The van der Waals surface area contributed by atoms with E-state index >= 15 is 0 Å². The van der Waals surface area contributed by atoms with Gasteiger partial charge in [-0.2, -0.15) is 0 Å². The molecule has 0 bridgehead atoms. The van der Waals surface area contributed by atoms with Gasteiger partial charge in [-0.15, -0.1) is 0 Å². The zero-order valence-corrected chi connectivity index (χ0v) is 10.8. The van der Waals surface area contributed by atoms with Crippen LogP contribution in [0.3, 0.4) is 0 Å². The second-order valence-corrected chi connectivity index (χ2v) is 3.97. The van der Waals surface area contributed by atoms with Crippen LogP contribution < -0.4 is 10.5 Å². The van der Waals surface area contributed by atoms with Crippen molar-refractivity contribution < 1.29 is 4.74 Å². The fraction of sp³-hybridized carbons (Fsp3) is 0.286. The monoisotopic (exact) mass is 256 g/mol. The number of aromatic nitrogens is 3. The summed E-state index contributed by atoms with van der Waals surface area (Å²) in [7, 11) is 1.97. The third kappa shape index (κ3) is 3.83. The van der Waals surface area contributed by atoms with Gasteiger partial charge in [0.25, 0.3) is 0 Å². The highest BCUT2D eigenvalue weighted by atomic mass is 16.5. The van der Waals surface area contributed by atoms with Crippen LogP contribution in [0.4, 0.5) is 0 Å². The van der Waals surface area contributed by atoms with Crippen molar-refractivity contribution in [1.82, 2.24) is 14.5 Å². The number of hydrogen-bond acceptors (Lipinski definition) is 4. The Bertz CT molecular complexity index is 595. The fourth-order valence-electron chi connectivity index (χ4n) is 1.62.